The molecule has 2 nitrogen and oxygen atoms in total. The Morgan fingerprint density at radius 1 is 0.818 bits per heavy atom. The van der Waals surface area contributed by atoms with Gasteiger partial charge in [-0.05, 0) is 72.0 Å². The van der Waals surface area contributed by atoms with E-state index < -0.39 is 0 Å². The van der Waals surface area contributed by atoms with Crippen LogP contribution in [0, 0.1) is 6.92 Å². The van der Waals surface area contributed by atoms with Gasteiger partial charge in [-0.2, -0.15) is 0 Å². The number of benzene rings is 4. The first-order chi connectivity index (χ1) is 16.2. The molecule has 0 unspecified atom stereocenters. The molecule has 2 heteroatoms. The van der Waals surface area contributed by atoms with E-state index in [9.17, 15) is 5.11 Å². The summed E-state index contributed by atoms with van der Waals surface area (Å²) >= 11 is 0. The van der Waals surface area contributed by atoms with Gasteiger partial charge in [0, 0.05) is 22.2 Å². The van der Waals surface area contributed by atoms with E-state index in [1.807, 2.05) is 12.1 Å². The zero-order chi connectivity index (χ0) is 22.5. The SMILES string of the molecule is CCc1ccccc1-c1c2c(c(C)n1-c1cccc3ccc(O)cc13)CCc1ccccc1-2. The van der Waals surface area contributed by atoms with Gasteiger partial charge in [0.25, 0.3) is 0 Å². The Bertz CT molecular complexity index is 1520. The van der Waals surface area contributed by atoms with Crippen LogP contribution in [0.15, 0.2) is 84.9 Å². The van der Waals surface area contributed by atoms with Gasteiger partial charge >= 0.3 is 0 Å². The number of aromatic nitrogens is 1. The zero-order valence-electron chi connectivity index (χ0n) is 19.1. The first-order valence-corrected chi connectivity index (χ1v) is 11.8. The van der Waals surface area contributed by atoms with Crippen LogP contribution in [0.5, 0.6) is 5.75 Å². The van der Waals surface area contributed by atoms with Crippen LogP contribution in [0.4, 0.5) is 0 Å². The molecular formula is C31H27NO. The van der Waals surface area contributed by atoms with Gasteiger partial charge < -0.3 is 9.67 Å². The second kappa shape index (κ2) is 7.67. The number of rotatable bonds is 3. The molecule has 1 N–H and O–H groups in total. The van der Waals surface area contributed by atoms with Crippen LogP contribution in [0.2, 0.25) is 0 Å². The van der Waals surface area contributed by atoms with Gasteiger partial charge in [0.15, 0.2) is 0 Å². The Kier molecular flexibility index (Phi) is 4.62. The maximum absolute atomic E-state index is 10.3. The fourth-order valence-electron chi connectivity index (χ4n) is 5.63. The molecule has 4 aromatic carbocycles. The Morgan fingerprint density at radius 3 is 2.45 bits per heavy atom. The van der Waals surface area contributed by atoms with Crippen molar-refractivity contribution in [3.8, 4) is 33.8 Å². The molecule has 33 heavy (non-hydrogen) atoms. The molecule has 0 radical (unpaired) electrons. The molecule has 0 saturated carbocycles. The first-order valence-electron chi connectivity index (χ1n) is 11.8. The molecule has 0 fully saturated rings. The Balaban J connectivity index is 1.78. The summed E-state index contributed by atoms with van der Waals surface area (Å²) in [6, 6.07) is 29.8. The minimum absolute atomic E-state index is 0.297. The monoisotopic (exact) mass is 429 g/mol. The summed E-state index contributed by atoms with van der Waals surface area (Å²) in [5.74, 6) is 0.297. The third-order valence-electron chi connectivity index (χ3n) is 7.20. The molecule has 162 valence electrons. The minimum Gasteiger partial charge on any atom is -0.508 e. The lowest BCUT2D eigenvalue weighted by Gasteiger charge is -2.20. The molecule has 0 bridgehead atoms. The fourth-order valence-corrected chi connectivity index (χ4v) is 5.63. The van der Waals surface area contributed by atoms with Crippen LogP contribution in [-0.2, 0) is 19.3 Å². The lowest BCUT2D eigenvalue weighted by atomic mass is 9.84. The molecule has 1 heterocycles. The number of phenols is 1. The van der Waals surface area contributed by atoms with Crippen molar-refractivity contribution in [2.75, 3.05) is 0 Å². The van der Waals surface area contributed by atoms with Crippen molar-refractivity contribution in [1.29, 1.82) is 0 Å². The smallest absolute Gasteiger partial charge is 0.116 e. The number of aryl methyl sites for hydroxylation is 2. The van der Waals surface area contributed by atoms with Crippen LogP contribution in [0.3, 0.4) is 0 Å². The molecule has 5 aromatic rings. The van der Waals surface area contributed by atoms with E-state index in [0.717, 1.165) is 35.7 Å². The van der Waals surface area contributed by atoms with Crippen molar-refractivity contribution in [3.05, 3.63) is 107 Å². The van der Waals surface area contributed by atoms with Gasteiger partial charge in [-0.1, -0.05) is 73.7 Å². The van der Waals surface area contributed by atoms with E-state index in [-0.39, 0.29) is 0 Å². The number of phenolic OH excluding ortho intramolecular Hbond substituents is 1. The van der Waals surface area contributed by atoms with Crippen LogP contribution >= 0.6 is 0 Å². The largest absolute Gasteiger partial charge is 0.508 e. The average molecular weight is 430 g/mol. The average Bonchev–Trinajstić information content (AvgIpc) is 3.16. The summed E-state index contributed by atoms with van der Waals surface area (Å²) in [7, 11) is 0. The quantitative estimate of drug-likeness (QED) is 0.313. The van der Waals surface area contributed by atoms with Crippen molar-refractivity contribution in [2.45, 2.75) is 33.1 Å². The predicted octanol–water partition coefficient (Wildman–Crippen LogP) is 7.64. The predicted molar refractivity (Wildman–Crippen MR) is 137 cm³/mol. The molecule has 1 aromatic heterocycles. The molecule has 0 aliphatic heterocycles. The fraction of sp³-hybridized carbons (Fsp3) is 0.161. The second-order valence-corrected chi connectivity index (χ2v) is 8.97. The highest BCUT2D eigenvalue weighted by Gasteiger charge is 2.29. The highest BCUT2D eigenvalue weighted by Crippen LogP contribution is 2.47. The van der Waals surface area contributed by atoms with Crippen molar-refractivity contribution in [2.24, 2.45) is 0 Å². The van der Waals surface area contributed by atoms with E-state index in [4.69, 9.17) is 0 Å². The number of aromatic hydroxyl groups is 1. The number of hydrogen-bond acceptors (Lipinski definition) is 1. The summed E-state index contributed by atoms with van der Waals surface area (Å²) in [4.78, 5) is 0. The van der Waals surface area contributed by atoms with Crippen LogP contribution in [0.1, 0.15) is 29.3 Å². The third kappa shape index (κ3) is 3.01. The minimum atomic E-state index is 0.297. The lowest BCUT2D eigenvalue weighted by molar-refractivity contribution is 0.476. The Hall–Kier alpha value is -3.78. The third-order valence-corrected chi connectivity index (χ3v) is 7.20. The van der Waals surface area contributed by atoms with E-state index in [1.54, 1.807) is 6.07 Å². The summed E-state index contributed by atoms with van der Waals surface area (Å²) in [5, 5.41) is 12.5. The van der Waals surface area contributed by atoms with E-state index in [1.165, 1.54) is 44.8 Å². The lowest BCUT2D eigenvalue weighted by Crippen LogP contribution is -2.03. The van der Waals surface area contributed by atoms with Gasteiger partial charge in [0.1, 0.15) is 5.75 Å². The van der Waals surface area contributed by atoms with Crippen LogP contribution in [0.25, 0.3) is 38.8 Å². The standard InChI is InChI=1S/C31H27NO/c1-3-21-9-4-7-13-27(21)31-30-25(18-16-22-10-5-6-12-26(22)30)20(2)32(31)29-14-8-11-23-15-17-24(33)19-28(23)29/h4-15,17,19,33H,3,16,18H2,1-2H3. The zero-order valence-corrected chi connectivity index (χ0v) is 19.1. The summed E-state index contributed by atoms with van der Waals surface area (Å²) in [6.45, 7) is 4.49. The highest BCUT2D eigenvalue weighted by molar-refractivity contribution is 5.96. The Labute approximate surface area is 194 Å². The number of nitrogens with zero attached hydrogens (tertiary/aromatic N) is 1. The molecule has 1 aliphatic carbocycles. The number of fused-ring (bicyclic) bond motifs is 4. The molecule has 0 atom stereocenters. The summed E-state index contributed by atoms with van der Waals surface area (Å²) < 4.78 is 2.45. The van der Waals surface area contributed by atoms with E-state index in [2.05, 4.69) is 85.1 Å². The van der Waals surface area contributed by atoms with Crippen molar-refractivity contribution in [3.63, 3.8) is 0 Å². The first kappa shape index (κ1) is 19.9. The van der Waals surface area contributed by atoms with Crippen LogP contribution in [-0.4, -0.2) is 9.67 Å². The molecule has 6 rings (SSSR count). The van der Waals surface area contributed by atoms with Crippen molar-refractivity contribution < 1.29 is 5.11 Å². The van der Waals surface area contributed by atoms with Gasteiger partial charge in [0.05, 0.1) is 11.4 Å². The van der Waals surface area contributed by atoms with E-state index in [0.29, 0.717) is 5.75 Å². The second-order valence-electron chi connectivity index (χ2n) is 8.97. The van der Waals surface area contributed by atoms with Gasteiger partial charge in [-0.25, -0.2) is 0 Å². The van der Waals surface area contributed by atoms with Crippen molar-refractivity contribution in [1.82, 2.24) is 4.57 Å². The van der Waals surface area contributed by atoms with Gasteiger partial charge in [-0.15, -0.1) is 0 Å². The molecule has 0 amide bonds. The number of hydrogen-bond donors (Lipinski definition) is 1. The topological polar surface area (TPSA) is 25.2 Å². The maximum Gasteiger partial charge on any atom is 0.116 e. The molecular weight excluding hydrogens is 402 g/mol. The van der Waals surface area contributed by atoms with Crippen molar-refractivity contribution >= 4 is 10.8 Å². The molecule has 1 aliphatic rings. The highest BCUT2D eigenvalue weighted by atomic mass is 16.3. The van der Waals surface area contributed by atoms with E-state index >= 15 is 0 Å². The van der Waals surface area contributed by atoms with Gasteiger partial charge in [0.2, 0.25) is 0 Å². The van der Waals surface area contributed by atoms with Gasteiger partial charge in [-0.3, -0.25) is 0 Å². The Morgan fingerprint density at radius 2 is 1.61 bits per heavy atom. The summed E-state index contributed by atoms with van der Waals surface area (Å²) in [5.41, 5.74) is 11.9. The molecule has 0 spiro atoms. The van der Waals surface area contributed by atoms with Crippen LogP contribution < -0.4 is 0 Å². The molecule has 0 saturated heterocycles. The normalized spacial score (nSPS) is 12.5. The summed E-state index contributed by atoms with van der Waals surface area (Å²) in [6.07, 6.45) is 3.09. The maximum atomic E-state index is 10.3.